The first-order valence-electron chi connectivity index (χ1n) is 8.33. The topological polar surface area (TPSA) is 62.3 Å². The smallest absolute Gasteiger partial charge is 0.255 e. The Labute approximate surface area is 160 Å². The number of nitrogens with one attached hydrogen (secondary N) is 1. The number of fused-ring (bicyclic) bond motifs is 1. The SMILES string of the molecule is CC(=O)N(CCNC(=O)c1c(F)cccc1Cl)c1cccc2cccnc12. The fourth-order valence-electron chi connectivity index (χ4n) is 2.84. The van der Waals surface area contributed by atoms with E-state index in [1.807, 2.05) is 24.3 Å². The third-order valence-corrected chi connectivity index (χ3v) is 4.41. The number of para-hydroxylation sites is 1. The fraction of sp³-hybridized carbons (Fsp3) is 0.150. The molecule has 0 aliphatic heterocycles. The molecule has 7 heteroatoms. The number of aromatic nitrogens is 1. The highest BCUT2D eigenvalue weighted by Crippen LogP contribution is 2.24. The lowest BCUT2D eigenvalue weighted by atomic mass is 10.1. The predicted molar refractivity (Wildman–Crippen MR) is 104 cm³/mol. The molecule has 1 N–H and O–H groups in total. The van der Waals surface area contributed by atoms with Crippen molar-refractivity contribution in [2.75, 3.05) is 18.0 Å². The second-order valence-electron chi connectivity index (χ2n) is 5.88. The van der Waals surface area contributed by atoms with Gasteiger partial charge >= 0.3 is 0 Å². The first-order valence-corrected chi connectivity index (χ1v) is 8.71. The number of hydrogen-bond acceptors (Lipinski definition) is 3. The maximum absolute atomic E-state index is 13.8. The molecular weight excluding hydrogens is 369 g/mol. The van der Waals surface area contributed by atoms with Gasteiger partial charge in [-0.05, 0) is 24.3 Å². The zero-order valence-electron chi connectivity index (χ0n) is 14.6. The molecule has 0 atom stereocenters. The molecule has 0 bridgehead atoms. The van der Waals surface area contributed by atoms with E-state index in [4.69, 9.17) is 11.6 Å². The highest BCUT2D eigenvalue weighted by molar-refractivity contribution is 6.33. The standard InChI is InChI=1S/C20H17ClFN3O2/c1-13(26)25(17-9-2-5-14-6-4-10-23-19(14)17)12-11-24-20(27)18-15(21)7-3-8-16(18)22/h2-10H,11-12H2,1H3,(H,24,27). The summed E-state index contributed by atoms with van der Waals surface area (Å²) < 4.78 is 13.8. The van der Waals surface area contributed by atoms with Gasteiger partial charge in [0, 0.05) is 31.6 Å². The van der Waals surface area contributed by atoms with E-state index in [1.165, 1.54) is 30.0 Å². The average molecular weight is 386 g/mol. The molecule has 0 aliphatic rings. The molecule has 0 unspecified atom stereocenters. The lowest BCUT2D eigenvalue weighted by Crippen LogP contribution is -2.38. The Kier molecular flexibility index (Phi) is 5.66. The van der Waals surface area contributed by atoms with Crippen molar-refractivity contribution in [1.29, 1.82) is 0 Å². The molecule has 2 amide bonds. The molecular formula is C20H17ClFN3O2. The largest absolute Gasteiger partial charge is 0.350 e. The van der Waals surface area contributed by atoms with Gasteiger partial charge in [-0.3, -0.25) is 14.6 Å². The Hall–Kier alpha value is -2.99. The number of halogens is 2. The van der Waals surface area contributed by atoms with E-state index in [1.54, 1.807) is 12.3 Å². The van der Waals surface area contributed by atoms with Crippen LogP contribution in [0.4, 0.5) is 10.1 Å². The number of pyridine rings is 1. The van der Waals surface area contributed by atoms with Crippen LogP contribution >= 0.6 is 11.6 Å². The molecule has 2 aromatic carbocycles. The third-order valence-electron chi connectivity index (χ3n) is 4.09. The average Bonchev–Trinajstić information content (AvgIpc) is 2.64. The maximum atomic E-state index is 13.8. The molecule has 0 radical (unpaired) electrons. The van der Waals surface area contributed by atoms with Gasteiger partial charge in [0.1, 0.15) is 5.82 Å². The van der Waals surface area contributed by atoms with E-state index in [9.17, 15) is 14.0 Å². The quantitative estimate of drug-likeness (QED) is 0.726. The van der Waals surface area contributed by atoms with E-state index in [2.05, 4.69) is 10.3 Å². The first-order chi connectivity index (χ1) is 13.0. The number of anilines is 1. The highest BCUT2D eigenvalue weighted by atomic mass is 35.5. The maximum Gasteiger partial charge on any atom is 0.255 e. The van der Waals surface area contributed by atoms with Crippen LogP contribution in [0, 0.1) is 5.82 Å². The molecule has 0 aliphatic carbocycles. The van der Waals surface area contributed by atoms with Crippen molar-refractivity contribution in [2.45, 2.75) is 6.92 Å². The molecule has 3 rings (SSSR count). The van der Waals surface area contributed by atoms with Crippen LogP contribution in [0.25, 0.3) is 10.9 Å². The van der Waals surface area contributed by atoms with Gasteiger partial charge in [-0.1, -0.05) is 35.9 Å². The van der Waals surface area contributed by atoms with Gasteiger partial charge in [-0.15, -0.1) is 0 Å². The summed E-state index contributed by atoms with van der Waals surface area (Å²) in [6.45, 7) is 1.78. The highest BCUT2D eigenvalue weighted by Gasteiger charge is 2.18. The molecule has 0 spiro atoms. The summed E-state index contributed by atoms with van der Waals surface area (Å²) in [5.74, 6) is -1.51. The Morgan fingerprint density at radius 2 is 1.89 bits per heavy atom. The van der Waals surface area contributed by atoms with Crippen molar-refractivity contribution < 1.29 is 14.0 Å². The second-order valence-corrected chi connectivity index (χ2v) is 6.28. The van der Waals surface area contributed by atoms with Crippen LogP contribution in [0.5, 0.6) is 0 Å². The van der Waals surface area contributed by atoms with Crippen LogP contribution < -0.4 is 10.2 Å². The number of carbonyl (C=O) groups excluding carboxylic acids is 2. The molecule has 0 saturated heterocycles. The van der Waals surface area contributed by atoms with Gasteiger partial charge < -0.3 is 10.2 Å². The van der Waals surface area contributed by atoms with E-state index >= 15 is 0 Å². The number of carbonyl (C=O) groups is 2. The van der Waals surface area contributed by atoms with E-state index in [-0.39, 0.29) is 29.6 Å². The van der Waals surface area contributed by atoms with E-state index in [0.29, 0.717) is 11.2 Å². The van der Waals surface area contributed by atoms with E-state index < -0.39 is 11.7 Å². The minimum Gasteiger partial charge on any atom is -0.350 e. The van der Waals surface area contributed by atoms with Crippen molar-refractivity contribution in [3.8, 4) is 0 Å². The van der Waals surface area contributed by atoms with Crippen LogP contribution in [0.3, 0.4) is 0 Å². The zero-order valence-corrected chi connectivity index (χ0v) is 15.3. The summed E-state index contributed by atoms with van der Waals surface area (Å²) in [7, 11) is 0. The summed E-state index contributed by atoms with van der Waals surface area (Å²) >= 11 is 5.90. The number of nitrogens with zero attached hydrogens (tertiary/aromatic N) is 2. The Morgan fingerprint density at radius 3 is 2.63 bits per heavy atom. The van der Waals surface area contributed by atoms with Gasteiger partial charge in [-0.2, -0.15) is 0 Å². The van der Waals surface area contributed by atoms with E-state index in [0.717, 1.165) is 5.39 Å². The van der Waals surface area contributed by atoms with Gasteiger partial charge in [0.05, 0.1) is 21.8 Å². The first kappa shape index (κ1) is 18.8. The van der Waals surface area contributed by atoms with Crippen LogP contribution in [-0.4, -0.2) is 29.9 Å². The Morgan fingerprint density at radius 1 is 1.15 bits per heavy atom. The predicted octanol–water partition coefficient (Wildman–Crippen LogP) is 3.81. The molecule has 27 heavy (non-hydrogen) atoms. The zero-order chi connectivity index (χ0) is 19.4. The fourth-order valence-corrected chi connectivity index (χ4v) is 3.09. The van der Waals surface area contributed by atoms with Crippen molar-refractivity contribution in [2.24, 2.45) is 0 Å². The van der Waals surface area contributed by atoms with Crippen LogP contribution in [0.2, 0.25) is 5.02 Å². The van der Waals surface area contributed by atoms with Gasteiger partial charge in [-0.25, -0.2) is 4.39 Å². The van der Waals surface area contributed by atoms with Gasteiger partial charge in [0.25, 0.3) is 5.91 Å². The lowest BCUT2D eigenvalue weighted by Gasteiger charge is -2.22. The summed E-state index contributed by atoms with van der Waals surface area (Å²) in [6, 6.07) is 13.3. The lowest BCUT2D eigenvalue weighted by molar-refractivity contribution is -0.116. The molecule has 1 heterocycles. The third kappa shape index (κ3) is 4.06. The Balaban J connectivity index is 1.76. The van der Waals surface area contributed by atoms with Crippen LogP contribution in [-0.2, 0) is 4.79 Å². The number of rotatable bonds is 5. The van der Waals surface area contributed by atoms with Crippen molar-refractivity contribution in [3.63, 3.8) is 0 Å². The van der Waals surface area contributed by atoms with Crippen molar-refractivity contribution in [1.82, 2.24) is 10.3 Å². The summed E-state index contributed by atoms with van der Waals surface area (Å²) in [5.41, 5.74) is 1.14. The van der Waals surface area contributed by atoms with Crippen molar-refractivity contribution >= 4 is 40.0 Å². The van der Waals surface area contributed by atoms with Crippen molar-refractivity contribution in [3.05, 3.63) is 71.1 Å². The second kappa shape index (κ2) is 8.14. The van der Waals surface area contributed by atoms with Gasteiger partial charge in [0.15, 0.2) is 0 Å². The van der Waals surface area contributed by atoms with Crippen LogP contribution in [0.1, 0.15) is 17.3 Å². The Bertz CT molecular complexity index is 984. The normalized spacial score (nSPS) is 10.6. The number of hydrogen-bond donors (Lipinski definition) is 1. The summed E-state index contributed by atoms with van der Waals surface area (Å²) in [5, 5.41) is 3.55. The van der Waals surface area contributed by atoms with Crippen LogP contribution in [0.15, 0.2) is 54.7 Å². The van der Waals surface area contributed by atoms with Gasteiger partial charge in [0.2, 0.25) is 5.91 Å². The molecule has 3 aromatic rings. The number of benzene rings is 2. The molecule has 5 nitrogen and oxygen atoms in total. The molecule has 1 aromatic heterocycles. The summed E-state index contributed by atoms with van der Waals surface area (Å²) in [6.07, 6.45) is 1.66. The minimum atomic E-state index is -0.693. The number of amides is 2. The minimum absolute atomic E-state index is 0.0363. The molecule has 0 saturated carbocycles. The molecule has 0 fully saturated rings. The summed E-state index contributed by atoms with van der Waals surface area (Å²) in [4.78, 5) is 30.3. The molecule has 138 valence electrons. The monoisotopic (exact) mass is 385 g/mol.